The van der Waals surface area contributed by atoms with E-state index >= 15 is 0 Å². The van der Waals surface area contributed by atoms with E-state index in [1.54, 1.807) is 25.4 Å². The van der Waals surface area contributed by atoms with E-state index in [9.17, 15) is 9.59 Å². The Morgan fingerprint density at radius 3 is 2.72 bits per heavy atom. The molecule has 25 heavy (non-hydrogen) atoms. The molecule has 10 nitrogen and oxygen atoms in total. The number of aromatic nitrogens is 4. The van der Waals surface area contributed by atoms with E-state index in [2.05, 4.69) is 30.6 Å². The van der Waals surface area contributed by atoms with E-state index in [1.165, 1.54) is 6.20 Å². The van der Waals surface area contributed by atoms with Crippen LogP contribution in [0.3, 0.4) is 0 Å². The first-order valence-electron chi connectivity index (χ1n) is 7.51. The van der Waals surface area contributed by atoms with Gasteiger partial charge in [-0.2, -0.15) is 5.10 Å². The molecule has 0 aliphatic carbocycles. The third kappa shape index (κ3) is 5.68. The molecule has 132 valence electrons. The molecule has 0 aliphatic rings. The summed E-state index contributed by atoms with van der Waals surface area (Å²) in [6, 6.07) is 1.55. The number of esters is 1. The number of carbonyl (C=O) groups is 2. The molecular weight excluding hydrogens is 328 g/mol. The molecule has 0 saturated heterocycles. The van der Waals surface area contributed by atoms with Crippen LogP contribution in [0.5, 0.6) is 0 Å². The maximum atomic E-state index is 12.3. The van der Waals surface area contributed by atoms with Crippen molar-refractivity contribution in [2.45, 2.75) is 20.4 Å². The van der Waals surface area contributed by atoms with E-state index in [1.807, 2.05) is 6.92 Å². The normalized spacial score (nSPS) is 11.0. The highest BCUT2D eigenvalue weighted by Gasteiger charge is 2.17. The van der Waals surface area contributed by atoms with Gasteiger partial charge in [0.25, 0.3) is 5.91 Å². The zero-order valence-corrected chi connectivity index (χ0v) is 13.9. The lowest BCUT2D eigenvalue weighted by Gasteiger charge is -2.06. The third-order valence-electron chi connectivity index (χ3n) is 2.86. The lowest BCUT2D eigenvalue weighted by atomic mass is 10.2. The molecule has 2 heterocycles. The van der Waals surface area contributed by atoms with E-state index in [-0.39, 0.29) is 18.9 Å². The number of carbonyl (C=O) groups excluding carboxylic acids is 2. The Hall–Kier alpha value is -3.30. The molecule has 0 aromatic carbocycles. The minimum atomic E-state index is -0.580. The number of aromatic amines is 1. The molecule has 2 N–H and O–H groups in total. The van der Waals surface area contributed by atoms with Crippen LogP contribution in [-0.2, 0) is 25.7 Å². The molecule has 0 bridgehead atoms. The van der Waals surface area contributed by atoms with Gasteiger partial charge in [-0.05, 0) is 25.5 Å². The van der Waals surface area contributed by atoms with Crippen LogP contribution in [0.25, 0.3) is 0 Å². The fourth-order valence-electron chi connectivity index (χ4n) is 1.71. The van der Waals surface area contributed by atoms with Crippen LogP contribution in [0.2, 0.25) is 0 Å². The molecular formula is C15H18N6O4. The van der Waals surface area contributed by atoms with Crippen molar-refractivity contribution in [3.8, 4) is 0 Å². The summed E-state index contributed by atoms with van der Waals surface area (Å²) in [5.74, 6) is -0.656. The van der Waals surface area contributed by atoms with Gasteiger partial charge in [0.2, 0.25) is 6.61 Å². The van der Waals surface area contributed by atoms with Crippen LogP contribution >= 0.6 is 0 Å². The summed E-state index contributed by atoms with van der Waals surface area (Å²) in [6.45, 7) is 3.49. The van der Waals surface area contributed by atoms with E-state index in [0.717, 1.165) is 5.56 Å². The first-order chi connectivity index (χ1) is 12.1. The van der Waals surface area contributed by atoms with Crippen molar-refractivity contribution in [2.75, 3.05) is 13.2 Å². The maximum absolute atomic E-state index is 12.3. The molecule has 0 spiro atoms. The number of amides is 1. The first-order valence-corrected chi connectivity index (χ1v) is 7.51. The Morgan fingerprint density at radius 2 is 2.08 bits per heavy atom. The Kier molecular flexibility index (Phi) is 6.57. The van der Waals surface area contributed by atoms with Gasteiger partial charge >= 0.3 is 5.97 Å². The van der Waals surface area contributed by atoms with E-state index < -0.39 is 18.5 Å². The fourth-order valence-corrected chi connectivity index (χ4v) is 1.71. The van der Waals surface area contributed by atoms with Crippen LogP contribution in [0, 0.1) is 6.92 Å². The number of nitrogens with one attached hydrogen (secondary N) is 2. The number of oxime groups is 1. The topological polar surface area (TPSA) is 131 Å². The summed E-state index contributed by atoms with van der Waals surface area (Å²) in [6.07, 6.45) is 4.77. The SMILES string of the molecule is CCOC(=O)CON=C(C(=O)NCc1ncc(C)cn1)c1ccn[nH]1. The maximum Gasteiger partial charge on any atom is 0.347 e. The van der Waals surface area contributed by atoms with Gasteiger partial charge in [-0.3, -0.25) is 9.89 Å². The van der Waals surface area contributed by atoms with Crippen molar-refractivity contribution in [2.24, 2.45) is 5.16 Å². The largest absolute Gasteiger partial charge is 0.463 e. The molecule has 0 aliphatic heterocycles. The number of aryl methyl sites for hydroxylation is 1. The molecule has 0 fully saturated rings. The molecule has 1 amide bonds. The summed E-state index contributed by atoms with van der Waals surface area (Å²) >= 11 is 0. The summed E-state index contributed by atoms with van der Waals surface area (Å²) < 4.78 is 4.72. The quantitative estimate of drug-likeness (QED) is 0.394. The monoisotopic (exact) mass is 346 g/mol. The molecule has 0 atom stereocenters. The Morgan fingerprint density at radius 1 is 1.32 bits per heavy atom. The number of H-pyrrole nitrogens is 1. The van der Waals surface area contributed by atoms with Gasteiger partial charge < -0.3 is 14.9 Å². The molecule has 0 saturated carbocycles. The highest BCUT2D eigenvalue weighted by Crippen LogP contribution is 1.99. The average Bonchev–Trinajstić information content (AvgIpc) is 3.12. The minimum absolute atomic E-state index is 0.0612. The van der Waals surface area contributed by atoms with Crippen molar-refractivity contribution in [3.63, 3.8) is 0 Å². The number of ether oxygens (including phenoxy) is 1. The fraction of sp³-hybridized carbons (Fsp3) is 0.333. The number of rotatable bonds is 8. The Bertz CT molecular complexity index is 727. The second kappa shape index (κ2) is 9.11. The lowest BCUT2D eigenvalue weighted by molar-refractivity contribution is -0.148. The average molecular weight is 346 g/mol. The molecule has 2 aromatic heterocycles. The number of nitrogens with zero attached hydrogens (tertiary/aromatic N) is 4. The van der Waals surface area contributed by atoms with E-state index in [0.29, 0.717) is 11.5 Å². The highest BCUT2D eigenvalue weighted by molar-refractivity contribution is 6.44. The van der Waals surface area contributed by atoms with Crippen molar-refractivity contribution in [1.29, 1.82) is 0 Å². The Labute approximate surface area is 143 Å². The molecule has 10 heteroatoms. The third-order valence-corrected chi connectivity index (χ3v) is 2.86. The van der Waals surface area contributed by atoms with Gasteiger partial charge in [-0.1, -0.05) is 5.16 Å². The van der Waals surface area contributed by atoms with E-state index in [4.69, 9.17) is 9.57 Å². The van der Waals surface area contributed by atoms with Gasteiger partial charge in [0.15, 0.2) is 5.71 Å². The molecule has 0 unspecified atom stereocenters. The van der Waals surface area contributed by atoms with Crippen molar-refractivity contribution in [3.05, 3.63) is 41.7 Å². The minimum Gasteiger partial charge on any atom is -0.463 e. The zero-order chi connectivity index (χ0) is 18.1. The predicted octanol–water partition coefficient (Wildman–Crippen LogP) is 0.108. The first kappa shape index (κ1) is 18.0. The van der Waals surface area contributed by atoms with Gasteiger partial charge in [0.05, 0.1) is 18.8 Å². The standard InChI is InChI=1S/C15H18N6O4/c1-3-24-13(22)9-25-21-14(11-4-5-19-20-11)15(23)18-8-12-16-6-10(2)7-17-12/h4-7H,3,8-9H2,1-2H3,(H,18,23)(H,19,20). The second-order valence-electron chi connectivity index (χ2n) is 4.85. The predicted molar refractivity (Wildman–Crippen MR) is 86.3 cm³/mol. The summed E-state index contributed by atoms with van der Waals surface area (Å²) in [4.78, 5) is 36.7. The van der Waals surface area contributed by atoms with Gasteiger partial charge in [0.1, 0.15) is 5.82 Å². The lowest BCUT2D eigenvalue weighted by Crippen LogP contribution is -2.32. The second-order valence-corrected chi connectivity index (χ2v) is 4.85. The molecule has 2 aromatic rings. The van der Waals surface area contributed by atoms with Crippen molar-refractivity contribution >= 4 is 17.6 Å². The van der Waals surface area contributed by atoms with Crippen LogP contribution in [0.15, 0.2) is 29.8 Å². The van der Waals surface area contributed by atoms with Crippen molar-refractivity contribution in [1.82, 2.24) is 25.5 Å². The summed E-state index contributed by atoms with van der Waals surface area (Å²) in [5.41, 5.74) is 1.20. The molecule has 2 rings (SSSR count). The summed E-state index contributed by atoms with van der Waals surface area (Å²) in [7, 11) is 0. The zero-order valence-electron chi connectivity index (χ0n) is 13.9. The van der Waals surface area contributed by atoms with Crippen LogP contribution in [0.1, 0.15) is 24.0 Å². The van der Waals surface area contributed by atoms with Crippen LogP contribution in [-0.4, -0.2) is 51.0 Å². The summed E-state index contributed by atoms with van der Waals surface area (Å²) in [5, 5.41) is 12.7. The number of hydrogen-bond donors (Lipinski definition) is 2. The number of hydrogen-bond acceptors (Lipinski definition) is 8. The van der Waals surface area contributed by atoms with Gasteiger partial charge in [-0.25, -0.2) is 14.8 Å². The smallest absolute Gasteiger partial charge is 0.347 e. The Balaban J connectivity index is 2.00. The van der Waals surface area contributed by atoms with Gasteiger partial charge in [0, 0.05) is 18.6 Å². The van der Waals surface area contributed by atoms with Crippen LogP contribution in [0.4, 0.5) is 0 Å². The van der Waals surface area contributed by atoms with Crippen LogP contribution < -0.4 is 5.32 Å². The van der Waals surface area contributed by atoms with Crippen molar-refractivity contribution < 1.29 is 19.2 Å². The molecule has 0 radical (unpaired) electrons. The highest BCUT2D eigenvalue weighted by atomic mass is 16.7. The van der Waals surface area contributed by atoms with Gasteiger partial charge in [-0.15, -0.1) is 0 Å².